The van der Waals surface area contributed by atoms with E-state index in [0.717, 1.165) is 54.0 Å². The average Bonchev–Trinajstić information content (AvgIpc) is 2.73. The van der Waals surface area contributed by atoms with Crippen LogP contribution in [0.15, 0.2) is 42.7 Å². The maximum absolute atomic E-state index is 5.47. The molecule has 3 heterocycles. The van der Waals surface area contributed by atoms with Crippen LogP contribution in [0.2, 0.25) is 0 Å². The highest BCUT2D eigenvalue weighted by molar-refractivity contribution is 5.96. The van der Waals surface area contributed by atoms with E-state index in [1.54, 1.807) is 14.2 Å². The van der Waals surface area contributed by atoms with Crippen LogP contribution in [0.3, 0.4) is 0 Å². The van der Waals surface area contributed by atoms with E-state index in [-0.39, 0.29) is 0 Å². The largest absolute Gasteiger partial charge is 0.493 e. The number of aromatic nitrogens is 2. The standard InChI is InChI=1S/C20H22N4O2/c1-25-18-12-16-15(4-6-22-17(16)13-19(18)26-2)14-3-5-23-20(11-14)24-9-7-21-8-10-24/h3-6,11-13,21H,7-10H2,1-2H3. The second kappa shape index (κ2) is 7.17. The summed E-state index contributed by atoms with van der Waals surface area (Å²) < 4.78 is 10.9. The van der Waals surface area contributed by atoms with Crippen molar-refractivity contribution in [3.8, 4) is 22.6 Å². The number of fused-ring (bicyclic) bond motifs is 1. The summed E-state index contributed by atoms with van der Waals surface area (Å²) in [7, 11) is 3.28. The molecule has 6 heteroatoms. The Morgan fingerprint density at radius 3 is 2.42 bits per heavy atom. The van der Waals surface area contributed by atoms with Crippen LogP contribution in [-0.2, 0) is 0 Å². The zero-order chi connectivity index (χ0) is 17.9. The van der Waals surface area contributed by atoms with Crippen molar-refractivity contribution in [3.63, 3.8) is 0 Å². The van der Waals surface area contributed by atoms with E-state index in [1.165, 1.54) is 0 Å². The number of rotatable bonds is 4. The summed E-state index contributed by atoms with van der Waals surface area (Å²) in [6.07, 6.45) is 3.70. The van der Waals surface area contributed by atoms with E-state index in [1.807, 2.05) is 36.7 Å². The van der Waals surface area contributed by atoms with E-state index in [2.05, 4.69) is 26.3 Å². The highest BCUT2D eigenvalue weighted by atomic mass is 16.5. The van der Waals surface area contributed by atoms with Gasteiger partial charge in [0.15, 0.2) is 11.5 Å². The molecule has 134 valence electrons. The summed E-state index contributed by atoms with van der Waals surface area (Å²) in [5.41, 5.74) is 3.10. The first-order chi connectivity index (χ1) is 12.8. The molecule has 1 fully saturated rings. The molecule has 0 amide bonds. The Bertz CT molecular complexity index is 923. The van der Waals surface area contributed by atoms with Gasteiger partial charge in [-0.3, -0.25) is 4.98 Å². The Hall–Kier alpha value is -2.86. The number of methoxy groups -OCH3 is 2. The van der Waals surface area contributed by atoms with Crippen molar-refractivity contribution in [2.24, 2.45) is 0 Å². The molecule has 0 saturated carbocycles. The predicted molar refractivity (Wildman–Crippen MR) is 103 cm³/mol. The second-order valence-electron chi connectivity index (χ2n) is 6.22. The summed E-state index contributed by atoms with van der Waals surface area (Å²) in [5, 5.41) is 4.41. The fraction of sp³-hybridized carbons (Fsp3) is 0.300. The number of piperazine rings is 1. The molecular weight excluding hydrogens is 328 g/mol. The van der Waals surface area contributed by atoms with Gasteiger partial charge in [0.2, 0.25) is 0 Å². The SMILES string of the molecule is COc1cc2nccc(-c3ccnc(N4CCNCC4)c3)c2cc1OC. The quantitative estimate of drug-likeness (QED) is 0.781. The Morgan fingerprint density at radius 1 is 0.923 bits per heavy atom. The van der Waals surface area contributed by atoms with Gasteiger partial charge in [0.05, 0.1) is 19.7 Å². The Morgan fingerprint density at radius 2 is 1.65 bits per heavy atom. The summed E-state index contributed by atoms with van der Waals surface area (Å²) >= 11 is 0. The predicted octanol–water partition coefficient (Wildman–Crippen LogP) is 2.72. The van der Waals surface area contributed by atoms with Crippen LogP contribution in [0.5, 0.6) is 11.5 Å². The molecule has 0 spiro atoms. The van der Waals surface area contributed by atoms with Gasteiger partial charge in [-0.25, -0.2) is 4.98 Å². The minimum Gasteiger partial charge on any atom is -0.493 e. The van der Waals surface area contributed by atoms with E-state index < -0.39 is 0 Å². The van der Waals surface area contributed by atoms with Gasteiger partial charge in [0.1, 0.15) is 5.82 Å². The third kappa shape index (κ3) is 3.04. The van der Waals surface area contributed by atoms with E-state index >= 15 is 0 Å². The normalized spacial score (nSPS) is 14.5. The topological polar surface area (TPSA) is 59.5 Å². The van der Waals surface area contributed by atoms with Crippen LogP contribution in [0.25, 0.3) is 22.0 Å². The Kier molecular flexibility index (Phi) is 4.58. The van der Waals surface area contributed by atoms with Crippen LogP contribution in [0.1, 0.15) is 0 Å². The molecule has 1 N–H and O–H groups in total. The molecule has 26 heavy (non-hydrogen) atoms. The van der Waals surface area contributed by atoms with Crippen LogP contribution >= 0.6 is 0 Å². The molecule has 1 aliphatic heterocycles. The first kappa shape index (κ1) is 16.6. The molecule has 0 bridgehead atoms. The summed E-state index contributed by atoms with van der Waals surface area (Å²) in [6.45, 7) is 3.92. The van der Waals surface area contributed by atoms with Gasteiger partial charge in [0.25, 0.3) is 0 Å². The third-order valence-electron chi connectivity index (χ3n) is 4.74. The monoisotopic (exact) mass is 350 g/mol. The lowest BCUT2D eigenvalue weighted by molar-refractivity contribution is 0.356. The van der Waals surface area contributed by atoms with Crippen molar-refractivity contribution < 1.29 is 9.47 Å². The number of nitrogens with zero attached hydrogens (tertiary/aromatic N) is 3. The van der Waals surface area contributed by atoms with Crippen molar-refractivity contribution in [2.45, 2.75) is 0 Å². The third-order valence-corrected chi connectivity index (χ3v) is 4.74. The molecule has 0 unspecified atom stereocenters. The van der Waals surface area contributed by atoms with Crippen LogP contribution in [0.4, 0.5) is 5.82 Å². The number of hydrogen-bond donors (Lipinski definition) is 1. The fourth-order valence-corrected chi connectivity index (χ4v) is 3.38. The number of nitrogens with one attached hydrogen (secondary N) is 1. The molecule has 2 aromatic heterocycles. The van der Waals surface area contributed by atoms with Gasteiger partial charge < -0.3 is 19.7 Å². The fourth-order valence-electron chi connectivity index (χ4n) is 3.38. The van der Waals surface area contributed by atoms with Gasteiger partial charge in [-0.05, 0) is 35.4 Å². The molecule has 3 aromatic rings. The lowest BCUT2D eigenvalue weighted by atomic mass is 10.0. The molecule has 1 aliphatic rings. The smallest absolute Gasteiger partial charge is 0.162 e. The Balaban J connectivity index is 1.81. The molecule has 1 aromatic carbocycles. The molecule has 4 rings (SSSR count). The van der Waals surface area contributed by atoms with E-state index in [9.17, 15) is 0 Å². The van der Waals surface area contributed by atoms with Gasteiger partial charge in [-0.1, -0.05) is 0 Å². The van der Waals surface area contributed by atoms with Crippen LogP contribution < -0.4 is 19.7 Å². The number of anilines is 1. The molecule has 0 atom stereocenters. The summed E-state index contributed by atoms with van der Waals surface area (Å²) in [6, 6.07) is 10.1. The van der Waals surface area contributed by atoms with E-state index in [0.29, 0.717) is 11.5 Å². The lowest BCUT2D eigenvalue weighted by Crippen LogP contribution is -2.43. The average molecular weight is 350 g/mol. The first-order valence-corrected chi connectivity index (χ1v) is 8.73. The molecule has 0 aliphatic carbocycles. The van der Waals surface area contributed by atoms with Gasteiger partial charge in [0, 0.05) is 50.0 Å². The van der Waals surface area contributed by atoms with Crippen molar-refractivity contribution >= 4 is 16.7 Å². The maximum atomic E-state index is 5.47. The highest BCUT2D eigenvalue weighted by Crippen LogP contribution is 2.36. The molecular formula is C20H22N4O2. The van der Waals surface area contributed by atoms with Crippen molar-refractivity contribution in [3.05, 3.63) is 42.7 Å². The number of benzene rings is 1. The summed E-state index contributed by atoms with van der Waals surface area (Å²) in [5.74, 6) is 2.39. The van der Waals surface area contributed by atoms with E-state index in [4.69, 9.17) is 9.47 Å². The number of ether oxygens (including phenoxy) is 2. The molecule has 6 nitrogen and oxygen atoms in total. The van der Waals surface area contributed by atoms with Crippen molar-refractivity contribution in [1.82, 2.24) is 15.3 Å². The van der Waals surface area contributed by atoms with Crippen LogP contribution in [0, 0.1) is 0 Å². The first-order valence-electron chi connectivity index (χ1n) is 8.73. The van der Waals surface area contributed by atoms with Crippen molar-refractivity contribution in [1.29, 1.82) is 0 Å². The van der Waals surface area contributed by atoms with Gasteiger partial charge >= 0.3 is 0 Å². The zero-order valence-corrected chi connectivity index (χ0v) is 15.0. The Labute approximate surface area is 152 Å². The minimum atomic E-state index is 0.681. The number of pyridine rings is 2. The molecule has 0 radical (unpaired) electrons. The zero-order valence-electron chi connectivity index (χ0n) is 15.0. The number of hydrogen-bond acceptors (Lipinski definition) is 6. The highest BCUT2D eigenvalue weighted by Gasteiger charge is 2.14. The summed E-state index contributed by atoms with van der Waals surface area (Å²) in [4.78, 5) is 11.4. The maximum Gasteiger partial charge on any atom is 0.162 e. The lowest BCUT2D eigenvalue weighted by Gasteiger charge is -2.28. The van der Waals surface area contributed by atoms with Crippen molar-refractivity contribution in [2.75, 3.05) is 45.3 Å². The molecule has 1 saturated heterocycles. The van der Waals surface area contributed by atoms with Gasteiger partial charge in [-0.2, -0.15) is 0 Å². The second-order valence-corrected chi connectivity index (χ2v) is 6.22. The van der Waals surface area contributed by atoms with Gasteiger partial charge in [-0.15, -0.1) is 0 Å². The van der Waals surface area contributed by atoms with Crippen LogP contribution in [-0.4, -0.2) is 50.4 Å². The minimum absolute atomic E-state index is 0.681.